The number of anilines is 2. The normalized spacial score (nSPS) is 15.7. The van der Waals surface area contributed by atoms with E-state index in [1.165, 1.54) is 25.3 Å². The Hall–Kier alpha value is -1.82. The van der Waals surface area contributed by atoms with Crippen molar-refractivity contribution in [1.82, 2.24) is 0 Å². The molecule has 6 heteroatoms. The highest BCUT2D eigenvalue weighted by molar-refractivity contribution is 5.64. The van der Waals surface area contributed by atoms with Crippen molar-refractivity contribution in [2.45, 2.75) is 38.1 Å². The largest absolute Gasteiger partial charge is 0.395 e. The van der Waals surface area contributed by atoms with Crippen molar-refractivity contribution >= 4 is 17.1 Å². The van der Waals surface area contributed by atoms with Gasteiger partial charge in [-0.25, -0.2) is 0 Å². The van der Waals surface area contributed by atoms with E-state index in [9.17, 15) is 15.2 Å². The molecule has 0 spiro atoms. The van der Waals surface area contributed by atoms with E-state index in [-0.39, 0.29) is 17.2 Å². The molecule has 2 N–H and O–H groups in total. The van der Waals surface area contributed by atoms with Crippen LogP contribution in [-0.2, 0) is 0 Å². The number of aliphatic hydroxyl groups excluding tert-OH is 1. The zero-order valence-corrected chi connectivity index (χ0v) is 12.4. The third kappa shape index (κ3) is 3.85. The van der Waals surface area contributed by atoms with Crippen LogP contribution < -0.4 is 10.2 Å². The predicted octanol–water partition coefficient (Wildman–Crippen LogP) is 2.77. The SMILES string of the molecule is CNc1cc(N(CCO)C2CCCCC2)cc([N+](=O)[O-])c1. The molecule has 0 saturated heterocycles. The standard InChI is InChI=1S/C15H23N3O3/c1-16-12-9-14(11-15(10-12)18(20)21)17(7-8-19)13-5-3-2-4-6-13/h9-11,13,16,19H,2-8H2,1H3. The number of hydrogen-bond donors (Lipinski definition) is 2. The van der Waals surface area contributed by atoms with Crippen molar-refractivity contribution in [2.24, 2.45) is 0 Å². The van der Waals surface area contributed by atoms with Crippen molar-refractivity contribution in [2.75, 3.05) is 30.4 Å². The zero-order chi connectivity index (χ0) is 15.2. The van der Waals surface area contributed by atoms with Gasteiger partial charge in [0.1, 0.15) is 0 Å². The summed E-state index contributed by atoms with van der Waals surface area (Å²) in [5, 5.41) is 23.4. The molecule has 1 aliphatic carbocycles. The monoisotopic (exact) mass is 293 g/mol. The molecule has 116 valence electrons. The highest BCUT2D eigenvalue weighted by Crippen LogP contribution is 2.31. The molecule has 0 unspecified atom stereocenters. The summed E-state index contributed by atoms with van der Waals surface area (Å²) in [5.41, 5.74) is 1.61. The molecule has 0 atom stereocenters. The van der Waals surface area contributed by atoms with Gasteiger partial charge >= 0.3 is 0 Å². The lowest BCUT2D eigenvalue weighted by Crippen LogP contribution is -2.38. The summed E-state index contributed by atoms with van der Waals surface area (Å²) in [4.78, 5) is 12.8. The maximum atomic E-state index is 11.1. The van der Waals surface area contributed by atoms with Crippen LogP contribution in [0.1, 0.15) is 32.1 Å². The van der Waals surface area contributed by atoms with Gasteiger partial charge in [-0.3, -0.25) is 10.1 Å². The van der Waals surface area contributed by atoms with Crippen LogP contribution in [0, 0.1) is 10.1 Å². The summed E-state index contributed by atoms with van der Waals surface area (Å²) >= 11 is 0. The van der Waals surface area contributed by atoms with Gasteiger partial charge in [-0.2, -0.15) is 0 Å². The molecular weight excluding hydrogens is 270 g/mol. The molecule has 0 aromatic heterocycles. The molecule has 2 rings (SSSR count). The zero-order valence-electron chi connectivity index (χ0n) is 12.4. The van der Waals surface area contributed by atoms with E-state index in [0.29, 0.717) is 12.6 Å². The Balaban J connectivity index is 2.33. The number of rotatable bonds is 6. The Morgan fingerprint density at radius 3 is 2.62 bits per heavy atom. The number of aliphatic hydroxyl groups is 1. The molecule has 1 aromatic rings. The van der Waals surface area contributed by atoms with E-state index in [0.717, 1.165) is 24.2 Å². The smallest absolute Gasteiger partial charge is 0.273 e. The highest BCUT2D eigenvalue weighted by atomic mass is 16.6. The molecule has 1 aromatic carbocycles. The van der Waals surface area contributed by atoms with Gasteiger partial charge in [0.05, 0.1) is 11.5 Å². The van der Waals surface area contributed by atoms with Crippen LogP contribution in [0.5, 0.6) is 0 Å². The number of benzene rings is 1. The Morgan fingerprint density at radius 2 is 2.05 bits per heavy atom. The molecule has 1 fully saturated rings. The summed E-state index contributed by atoms with van der Waals surface area (Å²) in [6.45, 7) is 0.559. The molecule has 0 bridgehead atoms. The van der Waals surface area contributed by atoms with Gasteiger partial charge in [0, 0.05) is 43.1 Å². The number of non-ortho nitro benzene ring substituents is 1. The number of nitro groups is 1. The van der Waals surface area contributed by atoms with Crippen LogP contribution in [0.3, 0.4) is 0 Å². The van der Waals surface area contributed by atoms with Crippen LogP contribution in [0.15, 0.2) is 18.2 Å². The average molecular weight is 293 g/mol. The van der Waals surface area contributed by atoms with Crippen LogP contribution in [0.25, 0.3) is 0 Å². The minimum atomic E-state index is -0.373. The van der Waals surface area contributed by atoms with E-state index in [1.54, 1.807) is 13.1 Å². The van der Waals surface area contributed by atoms with Crippen molar-refractivity contribution in [3.05, 3.63) is 28.3 Å². The van der Waals surface area contributed by atoms with Crippen LogP contribution in [0.4, 0.5) is 17.1 Å². The second kappa shape index (κ2) is 7.26. The first kappa shape index (κ1) is 15.6. The van der Waals surface area contributed by atoms with E-state index in [1.807, 2.05) is 6.07 Å². The molecule has 21 heavy (non-hydrogen) atoms. The number of nitrogens with zero attached hydrogens (tertiary/aromatic N) is 2. The van der Waals surface area contributed by atoms with Crippen LogP contribution in [-0.4, -0.2) is 36.3 Å². The quantitative estimate of drug-likeness (QED) is 0.623. The molecular formula is C15H23N3O3. The molecule has 0 aliphatic heterocycles. The fraction of sp³-hybridized carbons (Fsp3) is 0.600. The Labute approximate surface area is 124 Å². The fourth-order valence-corrected chi connectivity index (χ4v) is 3.03. The van der Waals surface area contributed by atoms with Gasteiger partial charge in [-0.05, 0) is 18.9 Å². The molecule has 0 amide bonds. The third-order valence-electron chi connectivity index (χ3n) is 4.09. The maximum absolute atomic E-state index is 11.1. The molecule has 0 heterocycles. The highest BCUT2D eigenvalue weighted by Gasteiger charge is 2.23. The van der Waals surface area contributed by atoms with Crippen molar-refractivity contribution in [3.8, 4) is 0 Å². The van der Waals surface area contributed by atoms with Gasteiger partial charge in [0.2, 0.25) is 0 Å². The lowest BCUT2D eigenvalue weighted by molar-refractivity contribution is -0.384. The molecule has 1 aliphatic rings. The third-order valence-corrected chi connectivity index (χ3v) is 4.09. The Morgan fingerprint density at radius 1 is 1.33 bits per heavy atom. The first-order chi connectivity index (χ1) is 10.2. The lowest BCUT2D eigenvalue weighted by Gasteiger charge is -2.36. The van der Waals surface area contributed by atoms with Gasteiger partial charge < -0.3 is 15.3 Å². The Kier molecular flexibility index (Phi) is 5.38. The first-order valence-electron chi connectivity index (χ1n) is 7.50. The molecule has 6 nitrogen and oxygen atoms in total. The summed E-state index contributed by atoms with van der Waals surface area (Å²) < 4.78 is 0. The second-order valence-corrected chi connectivity index (χ2v) is 5.45. The predicted molar refractivity (Wildman–Crippen MR) is 83.9 cm³/mol. The van der Waals surface area contributed by atoms with E-state index in [2.05, 4.69) is 10.2 Å². The van der Waals surface area contributed by atoms with Crippen molar-refractivity contribution < 1.29 is 10.0 Å². The van der Waals surface area contributed by atoms with Crippen LogP contribution >= 0.6 is 0 Å². The minimum absolute atomic E-state index is 0.0497. The van der Waals surface area contributed by atoms with Gasteiger partial charge in [0.25, 0.3) is 5.69 Å². The first-order valence-corrected chi connectivity index (χ1v) is 7.50. The van der Waals surface area contributed by atoms with Crippen LogP contribution in [0.2, 0.25) is 0 Å². The van der Waals surface area contributed by atoms with Crippen molar-refractivity contribution in [1.29, 1.82) is 0 Å². The Bertz CT molecular complexity index is 487. The van der Waals surface area contributed by atoms with Crippen molar-refractivity contribution in [3.63, 3.8) is 0 Å². The minimum Gasteiger partial charge on any atom is -0.395 e. The second-order valence-electron chi connectivity index (χ2n) is 5.45. The van der Waals surface area contributed by atoms with E-state index in [4.69, 9.17) is 0 Å². The average Bonchev–Trinajstić information content (AvgIpc) is 2.52. The summed E-state index contributed by atoms with van der Waals surface area (Å²) in [6.07, 6.45) is 5.77. The number of hydrogen-bond acceptors (Lipinski definition) is 5. The van der Waals surface area contributed by atoms with E-state index < -0.39 is 0 Å². The lowest BCUT2D eigenvalue weighted by atomic mass is 9.93. The van der Waals surface area contributed by atoms with E-state index >= 15 is 0 Å². The molecule has 1 saturated carbocycles. The summed E-state index contributed by atoms with van der Waals surface area (Å²) in [6, 6.07) is 5.40. The van der Waals surface area contributed by atoms with Gasteiger partial charge in [-0.1, -0.05) is 19.3 Å². The summed E-state index contributed by atoms with van der Waals surface area (Å²) in [7, 11) is 1.75. The number of nitro benzene ring substituents is 1. The van der Waals surface area contributed by atoms with Gasteiger partial charge in [0.15, 0.2) is 0 Å². The maximum Gasteiger partial charge on any atom is 0.273 e. The fourth-order valence-electron chi connectivity index (χ4n) is 3.03. The topological polar surface area (TPSA) is 78.6 Å². The summed E-state index contributed by atoms with van der Waals surface area (Å²) in [5.74, 6) is 0. The number of nitrogens with one attached hydrogen (secondary N) is 1. The van der Waals surface area contributed by atoms with Gasteiger partial charge in [-0.15, -0.1) is 0 Å². The molecule has 0 radical (unpaired) electrons.